The number of hydrogen-bond acceptors (Lipinski definition) is 14. The number of aliphatic hydroxyl groups excluding tert-OH is 7. The van der Waals surface area contributed by atoms with E-state index in [1.807, 2.05) is 6.92 Å². The summed E-state index contributed by atoms with van der Waals surface area (Å²) in [5.74, 6) is -0.429. The van der Waals surface area contributed by atoms with Gasteiger partial charge in [-0.2, -0.15) is 0 Å². The van der Waals surface area contributed by atoms with E-state index in [0.717, 1.165) is 19.3 Å². The van der Waals surface area contributed by atoms with Crippen LogP contribution in [0.5, 0.6) is 0 Å². The number of hydrogen-bond donors (Lipinski definition) is 7. The molecule has 0 amide bonds. The molecule has 0 aromatic rings. The second kappa shape index (κ2) is 24.2. The molecule has 11 unspecified atom stereocenters. The zero-order valence-corrected chi connectivity index (χ0v) is 28.3. The highest BCUT2D eigenvalue weighted by atomic mass is 16.7. The van der Waals surface area contributed by atoms with Gasteiger partial charge in [-0.15, -0.1) is 0 Å². The van der Waals surface area contributed by atoms with Crippen LogP contribution in [-0.4, -0.2) is 142 Å². The first-order chi connectivity index (χ1) is 22.6. The SMILES string of the molecule is CCCCCCCCCCCCCCOCC(COC1OC(COC2OC(CO)C(O)C(O)C2O)C(O)C(O)C1O)OC(=O)CCC. The summed E-state index contributed by atoms with van der Waals surface area (Å²) in [5, 5.41) is 70.9. The second-order valence-corrected chi connectivity index (χ2v) is 12.7. The van der Waals surface area contributed by atoms with E-state index in [1.165, 1.54) is 57.8 Å². The topological polar surface area (TPSA) is 214 Å². The Balaban J connectivity index is 1.77. The van der Waals surface area contributed by atoms with Crippen LogP contribution >= 0.6 is 0 Å². The van der Waals surface area contributed by atoms with Crippen molar-refractivity contribution in [3.63, 3.8) is 0 Å². The molecular weight excluding hydrogens is 620 g/mol. The van der Waals surface area contributed by atoms with E-state index in [0.29, 0.717) is 13.0 Å². The van der Waals surface area contributed by atoms with Gasteiger partial charge in [-0.05, 0) is 12.8 Å². The molecular formula is C33H62O14. The summed E-state index contributed by atoms with van der Waals surface area (Å²) in [5.41, 5.74) is 0. The molecule has 0 aliphatic carbocycles. The summed E-state index contributed by atoms with van der Waals surface area (Å²) in [6, 6.07) is 0. The van der Waals surface area contributed by atoms with Crippen molar-refractivity contribution in [2.45, 2.75) is 171 Å². The molecule has 2 fully saturated rings. The Bertz CT molecular complexity index is 803. The molecule has 11 atom stereocenters. The van der Waals surface area contributed by atoms with Crippen molar-refractivity contribution in [2.75, 3.05) is 33.0 Å². The van der Waals surface area contributed by atoms with E-state index in [9.17, 15) is 40.5 Å². The lowest BCUT2D eigenvalue weighted by atomic mass is 9.98. The Labute approximate surface area is 279 Å². The van der Waals surface area contributed by atoms with Gasteiger partial charge in [0.1, 0.15) is 54.9 Å². The van der Waals surface area contributed by atoms with Crippen molar-refractivity contribution in [1.29, 1.82) is 0 Å². The minimum absolute atomic E-state index is 0.0606. The molecule has 47 heavy (non-hydrogen) atoms. The Morgan fingerprint density at radius 2 is 1.13 bits per heavy atom. The van der Waals surface area contributed by atoms with Crippen LogP contribution in [0, 0.1) is 0 Å². The monoisotopic (exact) mass is 682 g/mol. The first-order valence-corrected chi connectivity index (χ1v) is 17.6. The van der Waals surface area contributed by atoms with Gasteiger partial charge in [0, 0.05) is 13.0 Å². The number of aliphatic hydroxyl groups is 7. The maximum atomic E-state index is 12.2. The van der Waals surface area contributed by atoms with Crippen molar-refractivity contribution in [1.82, 2.24) is 0 Å². The zero-order valence-electron chi connectivity index (χ0n) is 28.3. The second-order valence-electron chi connectivity index (χ2n) is 12.7. The van der Waals surface area contributed by atoms with E-state index in [4.69, 9.17) is 28.4 Å². The molecule has 2 rings (SSSR count). The van der Waals surface area contributed by atoms with Crippen molar-refractivity contribution >= 4 is 5.97 Å². The van der Waals surface area contributed by atoms with Crippen molar-refractivity contribution in [3.05, 3.63) is 0 Å². The lowest BCUT2D eigenvalue weighted by molar-refractivity contribution is -0.332. The van der Waals surface area contributed by atoms with Crippen molar-refractivity contribution < 1.29 is 69.0 Å². The minimum Gasteiger partial charge on any atom is -0.457 e. The molecule has 2 aliphatic heterocycles. The fourth-order valence-electron chi connectivity index (χ4n) is 5.61. The van der Waals surface area contributed by atoms with E-state index in [-0.39, 0.29) is 19.6 Å². The standard InChI is InChI=1S/C33H62O14/c1-3-5-6-7-8-9-10-11-12-13-14-15-17-42-19-22(45-25(35)16-4-2)20-43-32-31(41)29(39)27(37)24(47-32)21-44-33-30(40)28(38)26(36)23(18-34)46-33/h22-24,26-34,36-41H,3-21H2,1-2H3. The first-order valence-electron chi connectivity index (χ1n) is 17.6. The fourth-order valence-corrected chi connectivity index (χ4v) is 5.61. The third kappa shape index (κ3) is 15.2. The lowest BCUT2D eigenvalue weighted by Crippen LogP contribution is -2.61. The third-order valence-electron chi connectivity index (χ3n) is 8.59. The zero-order chi connectivity index (χ0) is 34.6. The average molecular weight is 683 g/mol. The van der Waals surface area contributed by atoms with E-state index in [1.54, 1.807) is 0 Å². The molecule has 2 heterocycles. The molecule has 14 nitrogen and oxygen atoms in total. The molecule has 2 saturated heterocycles. The van der Waals surface area contributed by atoms with Gasteiger partial charge in [-0.25, -0.2) is 0 Å². The Morgan fingerprint density at radius 1 is 0.617 bits per heavy atom. The molecule has 14 heteroatoms. The van der Waals surface area contributed by atoms with Crippen LogP contribution in [0.2, 0.25) is 0 Å². The summed E-state index contributed by atoms with van der Waals surface area (Å²) >= 11 is 0. The Hall–Kier alpha value is -1.01. The highest BCUT2D eigenvalue weighted by Gasteiger charge is 2.47. The summed E-state index contributed by atoms with van der Waals surface area (Å²) in [6.07, 6.45) is -0.552. The maximum absolute atomic E-state index is 12.2. The predicted octanol–water partition coefficient (Wildman–Crippen LogP) is 1.06. The summed E-state index contributed by atoms with van der Waals surface area (Å²) in [7, 11) is 0. The van der Waals surface area contributed by atoms with E-state index in [2.05, 4.69) is 6.92 Å². The van der Waals surface area contributed by atoms with Gasteiger partial charge >= 0.3 is 5.97 Å². The van der Waals surface area contributed by atoms with Gasteiger partial charge in [0.05, 0.1) is 26.4 Å². The first kappa shape index (κ1) is 42.2. The number of rotatable bonds is 25. The van der Waals surface area contributed by atoms with Gasteiger partial charge in [-0.1, -0.05) is 84.5 Å². The predicted molar refractivity (Wildman–Crippen MR) is 169 cm³/mol. The minimum atomic E-state index is -1.69. The number of carbonyl (C=O) groups is 1. The largest absolute Gasteiger partial charge is 0.457 e. The highest BCUT2D eigenvalue weighted by molar-refractivity contribution is 5.69. The van der Waals surface area contributed by atoms with Crippen molar-refractivity contribution in [2.24, 2.45) is 0 Å². The van der Waals surface area contributed by atoms with Gasteiger partial charge in [0.15, 0.2) is 12.6 Å². The third-order valence-corrected chi connectivity index (χ3v) is 8.59. The quantitative estimate of drug-likeness (QED) is 0.0530. The van der Waals surface area contributed by atoms with Crippen LogP contribution < -0.4 is 0 Å². The van der Waals surface area contributed by atoms with Crippen LogP contribution in [0.3, 0.4) is 0 Å². The van der Waals surface area contributed by atoms with Crippen LogP contribution in [0.4, 0.5) is 0 Å². The molecule has 0 aromatic heterocycles. The van der Waals surface area contributed by atoms with Crippen LogP contribution in [0.1, 0.15) is 104 Å². The maximum Gasteiger partial charge on any atom is 0.306 e. The normalized spacial score (nSPS) is 31.9. The summed E-state index contributed by atoms with van der Waals surface area (Å²) in [4.78, 5) is 12.2. The number of carbonyl (C=O) groups excluding carboxylic acids is 1. The molecule has 0 saturated carbocycles. The van der Waals surface area contributed by atoms with E-state index >= 15 is 0 Å². The van der Waals surface area contributed by atoms with Crippen molar-refractivity contribution in [3.8, 4) is 0 Å². The van der Waals surface area contributed by atoms with Crippen LogP contribution in [-0.2, 0) is 33.2 Å². The highest BCUT2D eigenvalue weighted by Crippen LogP contribution is 2.26. The number of esters is 1. The molecule has 7 N–H and O–H groups in total. The Kier molecular flexibility index (Phi) is 21.7. The van der Waals surface area contributed by atoms with Gasteiger partial charge in [0.25, 0.3) is 0 Å². The number of ether oxygens (including phenoxy) is 6. The molecule has 278 valence electrons. The molecule has 0 radical (unpaired) electrons. The van der Waals surface area contributed by atoms with Crippen LogP contribution in [0.25, 0.3) is 0 Å². The smallest absolute Gasteiger partial charge is 0.306 e. The average Bonchev–Trinajstić information content (AvgIpc) is 3.06. The summed E-state index contributed by atoms with van der Waals surface area (Å²) < 4.78 is 33.4. The van der Waals surface area contributed by atoms with Crippen LogP contribution in [0.15, 0.2) is 0 Å². The Morgan fingerprint density at radius 3 is 1.68 bits per heavy atom. The van der Waals surface area contributed by atoms with Gasteiger partial charge < -0.3 is 64.2 Å². The molecule has 0 aromatic carbocycles. The molecule has 0 spiro atoms. The summed E-state index contributed by atoms with van der Waals surface area (Å²) in [6.45, 7) is 3.28. The lowest BCUT2D eigenvalue weighted by Gasteiger charge is -2.42. The number of unbranched alkanes of at least 4 members (excludes halogenated alkanes) is 11. The van der Waals surface area contributed by atoms with E-state index < -0.39 is 86.7 Å². The molecule has 0 bridgehead atoms. The van der Waals surface area contributed by atoms with Gasteiger partial charge in [0.2, 0.25) is 0 Å². The fraction of sp³-hybridized carbons (Fsp3) is 0.970. The van der Waals surface area contributed by atoms with Gasteiger partial charge in [-0.3, -0.25) is 4.79 Å². The molecule has 2 aliphatic rings.